The number of aromatic carboxylic acids is 1. The van der Waals surface area contributed by atoms with Gasteiger partial charge in [-0.05, 0) is 71.0 Å². The Hall–Kier alpha value is -3.15. The third-order valence-electron chi connectivity index (χ3n) is 5.93. The highest BCUT2D eigenvalue weighted by Gasteiger charge is 2.25. The number of anilines is 1. The molecule has 1 unspecified atom stereocenters. The molecule has 1 amide bonds. The molecule has 0 heterocycles. The van der Waals surface area contributed by atoms with Crippen LogP contribution in [0.3, 0.4) is 0 Å². The van der Waals surface area contributed by atoms with E-state index in [-0.39, 0.29) is 23.0 Å². The van der Waals surface area contributed by atoms with Crippen molar-refractivity contribution < 1.29 is 24.2 Å². The summed E-state index contributed by atoms with van der Waals surface area (Å²) in [5.74, 6) is -1.17. The normalized spacial score (nSPS) is 12.2. The van der Waals surface area contributed by atoms with Crippen molar-refractivity contribution in [3.63, 3.8) is 0 Å². The molecule has 0 aliphatic carbocycles. The van der Waals surface area contributed by atoms with Crippen molar-refractivity contribution in [2.24, 2.45) is 5.92 Å². The van der Waals surface area contributed by atoms with Crippen molar-refractivity contribution in [1.82, 2.24) is 0 Å². The third-order valence-corrected chi connectivity index (χ3v) is 5.93. The van der Waals surface area contributed by atoms with E-state index in [0.717, 1.165) is 17.5 Å². The Morgan fingerprint density at radius 2 is 1.39 bits per heavy atom. The van der Waals surface area contributed by atoms with Crippen molar-refractivity contribution in [2.45, 2.75) is 72.6 Å². The van der Waals surface area contributed by atoms with Crippen LogP contribution < -0.4 is 5.32 Å². The van der Waals surface area contributed by atoms with E-state index in [4.69, 9.17) is 4.74 Å². The van der Waals surface area contributed by atoms with Gasteiger partial charge in [-0.3, -0.25) is 5.32 Å². The zero-order chi connectivity index (χ0) is 24.9. The van der Waals surface area contributed by atoms with E-state index in [0.29, 0.717) is 17.5 Å². The Bertz CT molecular complexity index is 1010. The number of carbonyl (C=O) groups excluding carboxylic acids is 2. The Balaban J connectivity index is 2.23. The number of rotatable bonds is 8. The zero-order valence-corrected chi connectivity index (χ0v) is 20.6. The Labute approximate surface area is 196 Å². The van der Waals surface area contributed by atoms with E-state index in [1.165, 1.54) is 17.7 Å². The monoisotopic (exact) mass is 453 g/mol. The summed E-state index contributed by atoms with van der Waals surface area (Å²) in [5.41, 5.74) is 3.07. The minimum absolute atomic E-state index is 0.0712. The van der Waals surface area contributed by atoms with Gasteiger partial charge in [0.05, 0.1) is 11.1 Å². The molecule has 2 aromatic rings. The van der Waals surface area contributed by atoms with Gasteiger partial charge in [0, 0.05) is 5.69 Å². The molecule has 0 aliphatic heterocycles. The number of carboxylic acids is 1. The highest BCUT2D eigenvalue weighted by molar-refractivity contribution is 6.07. The van der Waals surface area contributed by atoms with Crippen LogP contribution in [0.5, 0.6) is 0 Å². The number of carbonyl (C=O) groups is 3. The van der Waals surface area contributed by atoms with E-state index in [1.54, 1.807) is 12.1 Å². The summed E-state index contributed by atoms with van der Waals surface area (Å²) in [4.78, 5) is 36.9. The molecule has 0 saturated heterocycles. The number of hydrogen-bond acceptors (Lipinski definition) is 4. The van der Waals surface area contributed by atoms with E-state index < -0.39 is 18.0 Å². The maximum Gasteiger partial charge on any atom is 0.419 e. The predicted octanol–water partition coefficient (Wildman–Crippen LogP) is 7.17. The van der Waals surface area contributed by atoms with Gasteiger partial charge in [0.25, 0.3) is 0 Å². The smallest absolute Gasteiger partial charge is 0.419 e. The molecule has 2 rings (SSSR count). The number of esters is 1. The molecule has 2 N–H and O–H groups in total. The summed E-state index contributed by atoms with van der Waals surface area (Å²) in [6, 6.07) is 10.5. The molecule has 0 saturated carbocycles. The van der Waals surface area contributed by atoms with Gasteiger partial charge in [-0.1, -0.05) is 60.6 Å². The van der Waals surface area contributed by atoms with Gasteiger partial charge in [-0.2, -0.15) is 0 Å². The van der Waals surface area contributed by atoms with Crippen LogP contribution in [0.2, 0.25) is 0 Å². The SMILES string of the molecule is CCC(c1ccc(NC(=O)OC(=O)c2cc(C(C)C)c(C(C)C)cc2C(=O)O)cc1)C(C)C. The van der Waals surface area contributed by atoms with Crippen LogP contribution in [-0.2, 0) is 4.74 Å². The molecule has 178 valence electrons. The van der Waals surface area contributed by atoms with Crippen molar-refractivity contribution in [3.8, 4) is 0 Å². The second kappa shape index (κ2) is 11.1. The molecule has 33 heavy (non-hydrogen) atoms. The summed E-state index contributed by atoms with van der Waals surface area (Å²) in [5, 5.41) is 12.2. The van der Waals surface area contributed by atoms with Crippen LogP contribution in [-0.4, -0.2) is 23.1 Å². The van der Waals surface area contributed by atoms with Crippen molar-refractivity contribution in [2.75, 3.05) is 5.32 Å². The fourth-order valence-electron chi connectivity index (χ4n) is 4.17. The first-order valence-electron chi connectivity index (χ1n) is 11.5. The number of benzene rings is 2. The van der Waals surface area contributed by atoms with Crippen molar-refractivity contribution in [1.29, 1.82) is 0 Å². The maximum atomic E-state index is 12.7. The van der Waals surface area contributed by atoms with Gasteiger partial charge in [0.15, 0.2) is 0 Å². The van der Waals surface area contributed by atoms with Crippen LogP contribution in [0, 0.1) is 5.92 Å². The lowest BCUT2D eigenvalue weighted by Crippen LogP contribution is -2.21. The van der Waals surface area contributed by atoms with E-state index in [1.807, 2.05) is 39.8 Å². The molecule has 0 fully saturated rings. The minimum Gasteiger partial charge on any atom is -0.478 e. The van der Waals surface area contributed by atoms with E-state index >= 15 is 0 Å². The lowest BCUT2D eigenvalue weighted by atomic mass is 9.86. The average molecular weight is 454 g/mol. The summed E-state index contributed by atoms with van der Waals surface area (Å²) in [6.07, 6.45) is 0.0555. The molecule has 6 nitrogen and oxygen atoms in total. The van der Waals surface area contributed by atoms with Crippen LogP contribution in [0.15, 0.2) is 36.4 Å². The molecule has 0 aromatic heterocycles. The topological polar surface area (TPSA) is 92.7 Å². The van der Waals surface area contributed by atoms with Crippen LogP contribution in [0.4, 0.5) is 10.5 Å². The number of ether oxygens (including phenoxy) is 1. The summed E-state index contributed by atoms with van der Waals surface area (Å²) in [6.45, 7) is 14.4. The molecule has 0 radical (unpaired) electrons. The Morgan fingerprint density at radius 1 is 0.879 bits per heavy atom. The van der Waals surface area contributed by atoms with Crippen LogP contribution >= 0.6 is 0 Å². The average Bonchev–Trinajstić information content (AvgIpc) is 2.73. The van der Waals surface area contributed by atoms with Crippen LogP contribution in [0.1, 0.15) is 110 Å². The number of hydrogen-bond donors (Lipinski definition) is 2. The zero-order valence-electron chi connectivity index (χ0n) is 20.6. The second-order valence-electron chi connectivity index (χ2n) is 9.32. The van der Waals surface area contributed by atoms with Gasteiger partial charge in [-0.25, -0.2) is 14.4 Å². The Morgan fingerprint density at radius 3 is 1.82 bits per heavy atom. The summed E-state index contributed by atoms with van der Waals surface area (Å²) in [7, 11) is 0. The van der Waals surface area contributed by atoms with E-state index in [9.17, 15) is 19.5 Å². The number of nitrogens with one attached hydrogen (secondary N) is 1. The van der Waals surface area contributed by atoms with E-state index in [2.05, 4.69) is 26.1 Å². The highest BCUT2D eigenvalue weighted by Crippen LogP contribution is 2.30. The molecule has 0 spiro atoms. The van der Waals surface area contributed by atoms with Crippen molar-refractivity contribution >= 4 is 23.7 Å². The van der Waals surface area contributed by atoms with Gasteiger partial charge >= 0.3 is 18.0 Å². The fourth-order valence-corrected chi connectivity index (χ4v) is 4.17. The largest absolute Gasteiger partial charge is 0.478 e. The second-order valence-corrected chi connectivity index (χ2v) is 9.32. The lowest BCUT2D eigenvalue weighted by Gasteiger charge is -2.20. The predicted molar refractivity (Wildman–Crippen MR) is 130 cm³/mol. The minimum atomic E-state index is -1.24. The quantitative estimate of drug-likeness (QED) is 0.326. The van der Waals surface area contributed by atoms with Crippen molar-refractivity contribution in [3.05, 3.63) is 64.2 Å². The molecule has 0 aliphatic rings. The Kier molecular flexibility index (Phi) is 8.80. The molecule has 0 bridgehead atoms. The van der Waals surface area contributed by atoms with Gasteiger partial charge in [-0.15, -0.1) is 0 Å². The summed E-state index contributed by atoms with van der Waals surface area (Å²) < 4.78 is 4.95. The third kappa shape index (κ3) is 6.44. The molecule has 6 heteroatoms. The molecular formula is C27H35NO5. The first kappa shape index (κ1) is 26.1. The highest BCUT2D eigenvalue weighted by atomic mass is 16.6. The molecule has 1 atom stereocenters. The standard InChI is InChI=1S/C27H35NO5/c1-8-20(15(2)3)18-9-11-19(12-10-18)28-27(32)33-26(31)24-14-22(17(6)7)21(16(4)5)13-23(24)25(29)30/h9-17,20H,8H2,1-7H3,(H,28,32)(H,29,30). The number of amides is 1. The first-order chi connectivity index (χ1) is 15.5. The van der Waals surface area contributed by atoms with Crippen LogP contribution in [0.25, 0.3) is 0 Å². The van der Waals surface area contributed by atoms with Gasteiger partial charge in [0.1, 0.15) is 0 Å². The molecular weight excluding hydrogens is 418 g/mol. The maximum absolute atomic E-state index is 12.7. The lowest BCUT2D eigenvalue weighted by molar-refractivity contribution is 0.0617. The fraction of sp³-hybridized carbons (Fsp3) is 0.444. The van der Waals surface area contributed by atoms with Gasteiger partial charge in [0.2, 0.25) is 0 Å². The first-order valence-corrected chi connectivity index (χ1v) is 11.5. The summed E-state index contributed by atoms with van der Waals surface area (Å²) >= 11 is 0. The van der Waals surface area contributed by atoms with Gasteiger partial charge < -0.3 is 9.84 Å². The molecule has 2 aromatic carbocycles. The number of carboxylic acid groups (broad SMARTS) is 1.